The molecule has 1 aromatic rings. The number of hydrogen-bond acceptors (Lipinski definition) is 2. The van der Waals surface area contributed by atoms with Crippen LogP contribution in [0.2, 0.25) is 0 Å². The van der Waals surface area contributed by atoms with Gasteiger partial charge in [0.2, 0.25) is 0 Å². The topological polar surface area (TPSA) is 18.5 Å². The van der Waals surface area contributed by atoms with Crippen molar-refractivity contribution in [1.29, 1.82) is 0 Å². The molecule has 1 saturated heterocycles. The molecule has 22 heavy (non-hydrogen) atoms. The van der Waals surface area contributed by atoms with E-state index in [0.29, 0.717) is 17.3 Å². The summed E-state index contributed by atoms with van der Waals surface area (Å²) >= 11 is 0. The first-order chi connectivity index (χ1) is 10.3. The summed E-state index contributed by atoms with van der Waals surface area (Å²) in [6.07, 6.45) is 4.50. The molecular weight excluding hydrogens is 272 g/mol. The summed E-state index contributed by atoms with van der Waals surface area (Å²) in [6.45, 7) is 12.4. The fraction of sp³-hybridized carbons (Fsp3) is 0.700. The monoisotopic (exact) mass is 304 g/mol. The second-order valence-corrected chi connectivity index (χ2v) is 8.10. The van der Waals surface area contributed by atoms with E-state index in [0.717, 1.165) is 25.2 Å². The molecule has 0 N–H and O–H groups in total. The molecule has 124 valence electrons. The molecule has 0 radical (unpaired) electrons. The fourth-order valence-electron chi connectivity index (χ4n) is 3.15. The minimum absolute atomic E-state index is 0.0601. The predicted octanol–water partition coefficient (Wildman–Crippen LogP) is 5.77. The predicted molar refractivity (Wildman–Crippen MR) is 92.3 cm³/mol. The Morgan fingerprint density at radius 3 is 2.32 bits per heavy atom. The Morgan fingerprint density at radius 1 is 1.14 bits per heavy atom. The maximum Gasteiger partial charge on any atom is 0.199 e. The molecule has 0 bridgehead atoms. The molecule has 0 aromatic heterocycles. The van der Waals surface area contributed by atoms with Crippen LogP contribution in [0.25, 0.3) is 0 Å². The van der Waals surface area contributed by atoms with E-state index in [1.807, 2.05) is 0 Å². The lowest BCUT2D eigenvalue weighted by molar-refractivity contribution is -0.105. The molecule has 0 amide bonds. The van der Waals surface area contributed by atoms with Gasteiger partial charge in [-0.25, -0.2) is 0 Å². The Bertz CT molecular complexity index is 436. The van der Waals surface area contributed by atoms with Gasteiger partial charge in [-0.1, -0.05) is 46.8 Å². The summed E-state index contributed by atoms with van der Waals surface area (Å²) in [7, 11) is 0. The zero-order valence-electron chi connectivity index (χ0n) is 14.9. The minimum atomic E-state index is -0.0601. The van der Waals surface area contributed by atoms with Crippen LogP contribution in [-0.2, 0) is 4.74 Å². The van der Waals surface area contributed by atoms with Crippen LogP contribution in [0, 0.1) is 11.3 Å². The van der Waals surface area contributed by atoms with Gasteiger partial charge in [0.1, 0.15) is 5.75 Å². The maximum atomic E-state index is 5.93. The zero-order valence-corrected chi connectivity index (χ0v) is 14.9. The summed E-state index contributed by atoms with van der Waals surface area (Å²) in [5.41, 5.74) is 1.77. The van der Waals surface area contributed by atoms with Gasteiger partial charge in [0.05, 0.1) is 6.61 Å². The van der Waals surface area contributed by atoms with E-state index in [2.05, 4.69) is 58.9 Å². The van der Waals surface area contributed by atoms with Crippen molar-refractivity contribution >= 4 is 0 Å². The summed E-state index contributed by atoms with van der Waals surface area (Å²) < 4.78 is 11.6. The molecule has 2 heteroatoms. The van der Waals surface area contributed by atoms with Gasteiger partial charge in [-0.15, -0.1) is 0 Å². The van der Waals surface area contributed by atoms with Gasteiger partial charge in [0, 0.05) is 6.42 Å². The van der Waals surface area contributed by atoms with Crippen LogP contribution in [-0.4, -0.2) is 12.9 Å². The Balaban J connectivity index is 2.02. The number of hydrogen-bond donors (Lipinski definition) is 0. The molecule has 2 nitrogen and oxygen atoms in total. The van der Waals surface area contributed by atoms with E-state index in [1.165, 1.54) is 18.4 Å². The second-order valence-electron chi connectivity index (χ2n) is 8.10. The molecule has 2 atom stereocenters. The van der Waals surface area contributed by atoms with Crippen LogP contribution in [0.5, 0.6) is 5.75 Å². The number of benzene rings is 1. The molecule has 2 rings (SSSR count). The molecule has 1 aliphatic heterocycles. The Labute approximate surface area is 136 Å². The lowest BCUT2D eigenvalue weighted by atomic mass is 9.76. The largest absolute Gasteiger partial charge is 0.465 e. The van der Waals surface area contributed by atoms with Crippen LogP contribution in [0.15, 0.2) is 24.3 Å². The Morgan fingerprint density at radius 2 is 1.82 bits per heavy atom. The summed E-state index contributed by atoms with van der Waals surface area (Å²) in [5, 5.41) is 0. The maximum absolute atomic E-state index is 5.93. The minimum Gasteiger partial charge on any atom is -0.465 e. The van der Waals surface area contributed by atoms with Crippen molar-refractivity contribution in [1.82, 2.24) is 0 Å². The van der Waals surface area contributed by atoms with Crippen molar-refractivity contribution in [3.05, 3.63) is 29.8 Å². The summed E-state index contributed by atoms with van der Waals surface area (Å²) in [6, 6.07) is 8.67. The molecule has 0 saturated carbocycles. The van der Waals surface area contributed by atoms with Crippen LogP contribution in [0.3, 0.4) is 0 Å². The molecular formula is C20H32O2. The van der Waals surface area contributed by atoms with E-state index in [1.54, 1.807) is 0 Å². The SMILES string of the molecule is CC(C)C(CC(C)(C)C)c1ccc(OC2CCCCO2)cc1. The highest BCUT2D eigenvalue weighted by Crippen LogP contribution is 2.36. The van der Waals surface area contributed by atoms with Crippen molar-refractivity contribution in [3.63, 3.8) is 0 Å². The van der Waals surface area contributed by atoms with Gasteiger partial charge < -0.3 is 9.47 Å². The van der Waals surface area contributed by atoms with Crippen molar-refractivity contribution in [2.45, 2.75) is 72.5 Å². The smallest absolute Gasteiger partial charge is 0.199 e. The van der Waals surface area contributed by atoms with Crippen molar-refractivity contribution < 1.29 is 9.47 Å². The van der Waals surface area contributed by atoms with Crippen LogP contribution in [0.1, 0.15) is 71.8 Å². The van der Waals surface area contributed by atoms with Gasteiger partial charge in [0.15, 0.2) is 6.29 Å². The van der Waals surface area contributed by atoms with E-state index < -0.39 is 0 Å². The number of rotatable bonds is 5. The first-order valence-electron chi connectivity index (χ1n) is 8.73. The van der Waals surface area contributed by atoms with E-state index >= 15 is 0 Å². The van der Waals surface area contributed by atoms with Crippen molar-refractivity contribution in [3.8, 4) is 5.75 Å². The van der Waals surface area contributed by atoms with Crippen LogP contribution < -0.4 is 4.74 Å². The molecule has 0 aliphatic carbocycles. The molecule has 1 aromatic carbocycles. The van der Waals surface area contributed by atoms with E-state index in [9.17, 15) is 0 Å². The summed E-state index contributed by atoms with van der Waals surface area (Å²) in [4.78, 5) is 0. The molecule has 1 heterocycles. The Kier molecular flexibility index (Phi) is 5.91. The van der Waals surface area contributed by atoms with Gasteiger partial charge >= 0.3 is 0 Å². The van der Waals surface area contributed by atoms with Crippen molar-refractivity contribution in [2.75, 3.05) is 6.61 Å². The molecule has 1 aliphatic rings. The van der Waals surface area contributed by atoms with Gasteiger partial charge in [-0.2, -0.15) is 0 Å². The highest BCUT2D eigenvalue weighted by Gasteiger charge is 2.23. The third-order valence-corrected chi connectivity index (χ3v) is 4.35. The van der Waals surface area contributed by atoms with E-state index in [4.69, 9.17) is 9.47 Å². The second kappa shape index (κ2) is 7.50. The average molecular weight is 304 g/mol. The van der Waals surface area contributed by atoms with Gasteiger partial charge in [-0.05, 0) is 54.2 Å². The average Bonchev–Trinajstić information content (AvgIpc) is 2.46. The fourth-order valence-corrected chi connectivity index (χ4v) is 3.15. The lowest BCUT2D eigenvalue weighted by Crippen LogP contribution is -2.25. The van der Waals surface area contributed by atoms with Crippen molar-refractivity contribution in [2.24, 2.45) is 11.3 Å². The first kappa shape index (κ1) is 17.3. The Hall–Kier alpha value is -1.02. The standard InChI is InChI=1S/C20H32O2/c1-15(2)18(14-20(3,4)5)16-9-11-17(12-10-16)22-19-8-6-7-13-21-19/h9-12,15,18-19H,6-8,13-14H2,1-5H3. The third kappa shape index (κ3) is 5.31. The normalized spacial score (nSPS) is 20.9. The van der Waals surface area contributed by atoms with E-state index in [-0.39, 0.29) is 6.29 Å². The summed E-state index contributed by atoms with van der Waals surface area (Å²) in [5.74, 6) is 2.17. The molecule has 2 unspecified atom stereocenters. The quantitative estimate of drug-likeness (QED) is 0.687. The number of ether oxygens (including phenoxy) is 2. The molecule has 1 fully saturated rings. The van der Waals surface area contributed by atoms with Crippen LogP contribution in [0.4, 0.5) is 0 Å². The highest BCUT2D eigenvalue weighted by atomic mass is 16.7. The van der Waals surface area contributed by atoms with Gasteiger partial charge in [-0.3, -0.25) is 0 Å². The lowest BCUT2D eigenvalue weighted by Gasteiger charge is -2.29. The van der Waals surface area contributed by atoms with Gasteiger partial charge in [0.25, 0.3) is 0 Å². The molecule has 0 spiro atoms. The highest BCUT2D eigenvalue weighted by molar-refractivity contribution is 5.30. The first-order valence-corrected chi connectivity index (χ1v) is 8.73. The van der Waals surface area contributed by atoms with Crippen LogP contribution >= 0.6 is 0 Å². The zero-order chi connectivity index (χ0) is 16.2. The third-order valence-electron chi connectivity index (χ3n) is 4.35.